The number of hydrogen-bond acceptors (Lipinski definition) is 6. The van der Waals surface area contributed by atoms with E-state index in [0.29, 0.717) is 30.9 Å². The number of ether oxygens (including phenoxy) is 2. The van der Waals surface area contributed by atoms with Gasteiger partial charge in [-0.05, 0) is 37.8 Å². The number of imide groups is 1. The average Bonchev–Trinajstić information content (AvgIpc) is 2.95. The van der Waals surface area contributed by atoms with E-state index in [9.17, 15) is 19.2 Å². The highest BCUT2D eigenvalue weighted by Gasteiger charge is 2.55. The van der Waals surface area contributed by atoms with Crippen LogP contribution in [0.4, 0.5) is 0 Å². The van der Waals surface area contributed by atoms with Crippen molar-refractivity contribution >= 4 is 23.6 Å². The summed E-state index contributed by atoms with van der Waals surface area (Å²) in [5.41, 5.74) is 4.71. The van der Waals surface area contributed by atoms with E-state index in [2.05, 4.69) is 10.9 Å². The van der Waals surface area contributed by atoms with Gasteiger partial charge in [0.05, 0.1) is 24.4 Å². The molecular weight excluding hydrogens is 390 g/mol. The van der Waals surface area contributed by atoms with Gasteiger partial charge in [0.25, 0.3) is 5.91 Å². The van der Waals surface area contributed by atoms with Crippen molar-refractivity contribution in [3.63, 3.8) is 0 Å². The van der Waals surface area contributed by atoms with Crippen LogP contribution in [0.5, 0.6) is 11.5 Å². The van der Waals surface area contributed by atoms with E-state index in [4.69, 9.17) is 9.47 Å². The van der Waals surface area contributed by atoms with Gasteiger partial charge in [0.2, 0.25) is 17.7 Å². The molecule has 1 heterocycles. The summed E-state index contributed by atoms with van der Waals surface area (Å²) >= 11 is 0. The normalized spacial score (nSPS) is 25.5. The Balaban J connectivity index is 1.56. The number of rotatable bonds is 6. The molecule has 1 saturated heterocycles. The molecule has 30 heavy (non-hydrogen) atoms. The summed E-state index contributed by atoms with van der Waals surface area (Å²) in [6.45, 7) is 3.86. The molecule has 1 aliphatic carbocycles. The van der Waals surface area contributed by atoms with Crippen molar-refractivity contribution in [2.24, 2.45) is 23.7 Å². The third kappa shape index (κ3) is 4.24. The molecule has 4 atom stereocenters. The van der Waals surface area contributed by atoms with E-state index in [1.807, 2.05) is 13.8 Å². The van der Waals surface area contributed by atoms with Crippen LogP contribution in [-0.4, -0.2) is 48.8 Å². The van der Waals surface area contributed by atoms with E-state index < -0.39 is 29.6 Å². The van der Waals surface area contributed by atoms with E-state index in [-0.39, 0.29) is 24.3 Å². The molecule has 1 aromatic carbocycles. The van der Waals surface area contributed by atoms with Crippen LogP contribution in [0.25, 0.3) is 0 Å². The Morgan fingerprint density at radius 1 is 1.07 bits per heavy atom. The van der Waals surface area contributed by atoms with E-state index in [1.165, 1.54) is 7.05 Å². The van der Waals surface area contributed by atoms with Crippen LogP contribution in [-0.2, 0) is 19.2 Å². The summed E-state index contributed by atoms with van der Waals surface area (Å²) in [6.07, 6.45) is 1.25. The number of para-hydroxylation sites is 2. The van der Waals surface area contributed by atoms with Crippen LogP contribution >= 0.6 is 0 Å². The van der Waals surface area contributed by atoms with Gasteiger partial charge in [0, 0.05) is 7.05 Å². The molecule has 2 aliphatic rings. The van der Waals surface area contributed by atoms with Crippen LogP contribution < -0.4 is 20.3 Å². The predicted molar refractivity (Wildman–Crippen MR) is 106 cm³/mol. The summed E-state index contributed by atoms with van der Waals surface area (Å²) in [5.74, 6) is -2.57. The van der Waals surface area contributed by atoms with Crippen LogP contribution in [0, 0.1) is 23.7 Å². The molecule has 0 aromatic heterocycles. The molecule has 9 nitrogen and oxygen atoms in total. The first-order valence-corrected chi connectivity index (χ1v) is 10.1. The Labute approximate surface area is 175 Å². The van der Waals surface area contributed by atoms with Gasteiger partial charge in [-0.3, -0.25) is 34.9 Å². The largest absolute Gasteiger partial charge is 0.490 e. The summed E-state index contributed by atoms with van der Waals surface area (Å²) in [4.78, 5) is 50.8. The summed E-state index contributed by atoms with van der Waals surface area (Å²) in [5, 5.41) is 0. The monoisotopic (exact) mass is 417 g/mol. The zero-order valence-corrected chi connectivity index (χ0v) is 17.3. The fraction of sp³-hybridized carbons (Fsp3) is 0.524. The quantitative estimate of drug-likeness (QED) is 0.525. The van der Waals surface area contributed by atoms with Crippen molar-refractivity contribution in [1.82, 2.24) is 15.8 Å². The molecule has 0 bridgehead atoms. The highest BCUT2D eigenvalue weighted by Crippen LogP contribution is 2.44. The Morgan fingerprint density at radius 3 is 2.40 bits per heavy atom. The number of hydrogen-bond donors (Lipinski definition) is 2. The standard InChI is InChI=1S/C21H27N3O6/c1-4-29-14-7-5-6-8-15(14)30-11-16(25)22-23-19(26)17-12(2)9-10-13-18(17)21(28)24(3)20(13)27/h5-8,12-13,17-18H,4,9-11H2,1-3H3,(H,22,25)(H,23,26)/t12-,13+,17+,18-/m0/s1. The Hall–Kier alpha value is -3.10. The smallest absolute Gasteiger partial charge is 0.276 e. The van der Waals surface area contributed by atoms with Gasteiger partial charge in [-0.25, -0.2) is 0 Å². The Kier molecular flexibility index (Phi) is 6.59. The minimum Gasteiger partial charge on any atom is -0.490 e. The maximum absolute atomic E-state index is 12.8. The summed E-state index contributed by atoms with van der Waals surface area (Å²) < 4.78 is 10.9. The highest BCUT2D eigenvalue weighted by atomic mass is 16.5. The zero-order valence-electron chi connectivity index (χ0n) is 17.3. The lowest BCUT2D eigenvalue weighted by atomic mass is 9.68. The molecule has 162 valence electrons. The number of nitrogens with zero attached hydrogens (tertiary/aromatic N) is 1. The number of fused-ring (bicyclic) bond motifs is 1. The molecule has 9 heteroatoms. The maximum Gasteiger partial charge on any atom is 0.276 e. The van der Waals surface area contributed by atoms with Crippen molar-refractivity contribution in [3.8, 4) is 11.5 Å². The second kappa shape index (κ2) is 9.15. The maximum atomic E-state index is 12.8. The van der Waals surface area contributed by atoms with Gasteiger partial charge in [-0.1, -0.05) is 19.1 Å². The molecule has 2 N–H and O–H groups in total. The van der Waals surface area contributed by atoms with Crippen LogP contribution in [0.15, 0.2) is 24.3 Å². The van der Waals surface area contributed by atoms with Crippen molar-refractivity contribution in [1.29, 1.82) is 0 Å². The fourth-order valence-corrected chi connectivity index (χ4v) is 4.25. The number of hydrazine groups is 1. The van der Waals surface area contributed by atoms with Gasteiger partial charge in [0.1, 0.15) is 0 Å². The van der Waals surface area contributed by atoms with Crippen molar-refractivity contribution in [2.45, 2.75) is 26.7 Å². The number of nitrogens with one attached hydrogen (secondary N) is 2. The second-order valence-electron chi connectivity index (χ2n) is 7.65. The number of amides is 4. The molecular formula is C21H27N3O6. The molecule has 1 aromatic rings. The lowest BCUT2D eigenvalue weighted by Crippen LogP contribution is -2.51. The lowest BCUT2D eigenvalue weighted by Gasteiger charge is -2.34. The van der Waals surface area contributed by atoms with Crippen molar-refractivity contribution in [3.05, 3.63) is 24.3 Å². The number of benzene rings is 1. The summed E-state index contributed by atoms with van der Waals surface area (Å²) in [6, 6.07) is 6.97. The summed E-state index contributed by atoms with van der Waals surface area (Å²) in [7, 11) is 1.45. The van der Waals surface area contributed by atoms with Crippen LogP contribution in [0.1, 0.15) is 26.7 Å². The molecule has 2 fully saturated rings. The number of likely N-dealkylation sites (tertiary alicyclic amines) is 1. The molecule has 1 saturated carbocycles. The predicted octanol–water partition coefficient (Wildman–Crippen LogP) is 0.889. The SMILES string of the molecule is CCOc1ccccc1OCC(=O)NNC(=O)[C@H]1[C@H]2C(=O)N(C)C(=O)[C@@H]2CC[C@@H]1C. The average molecular weight is 417 g/mol. The third-order valence-corrected chi connectivity index (χ3v) is 5.77. The minimum absolute atomic E-state index is 0.0827. The van der Waals surface area contributed by atoms with Gasteiger partial charge >= 0.3 is 0 Å². The van der Waals surface area contributed by atoms with Crippen LogP contribution in [0.3, 0.4) is 0 Å². The lowest BCUT2D eigenvalue weighted by molar-refractivity contribution is -0.142. The van der Waals surface area contributed by atoms with E-state index in [1.54, 1.807) is 24.3 Å². The molecule has 0 unspecified atom stereocenters. The van der Waals surface area contributed by atoms with E-state index in [0.717, 1.165) is 4.90 Å². The molecule has 1 aliphatic heterocycles. The van der Waals surface area contributed by atoms with Crippen molar-refractivity contribution in [2.75, 3.05) is 20.3 Å². The minimum atomic E-state index is -0.683. The second-order valence-corrected chi connectivity index (χ2v) is 7.65. The highest BCUT2D eigenvalue weighted by molar-refractivity contribution is 6.07. The Bertz CT molecular complexity index is 842. The topological polar surface area (TPSA) is 114 Å². The van der Waals surface area contributed by atoms with Gasteiger partial charge in [-0.2, -0.15) is 0 Å². The molecule has 0 radical (unpaired) electrons. The molecule has 4 amide bonds. The first-order valence-electron chi connectivity index (χ1n) is 10.1. The fourth-order valence-electron chi connectivity index (χ4n) is 4.25. The van der Waals surface area contributed by atoms with Gasteiger partial charge in [-0.15, -0.1) is 0 Å². The third-order valence-electron chi connectivity index (χ3n) is 5.77. The first-order chi connectivity index (χ1) is 14.3. The van der Waals surface area contributed by atoms with E-state index >= 15 is 0 Å². The molecule has 0 spiro atoms. The van der Waals surface area contributed by atoms with Gasteiger partial charge < -0.3 is 9.47 Å². The van der Waals surface area contributed by atoms with Crippen molar-refractivity contribution < 1.29 is 28.7 Å². The van der Waals surface area contributed by atoms with Crippen LogP contribution in [0.2, 0.25) is 0 Å². The number of carbonyl (C=O) groups is 4. The first kappa shape index (κ1) is 21.6. The zero-order chi connectivity index (χ0) is 21.8. The molecule has 3 rings (SSSR count). The Morgan fingerprint density at radius 2 is 1.73 bits per heavy atom. The van der Waals surface area contributed by atoms with Gasteiger partial charge in [0.15, 0.2) is 18.1 Å². The number of carbonyl (C=O) groups excluding carboxylic acids is 4.